The van der Waals surface area contributed by atoms with E-state index in [1.165, 1.54) is 0 Å². The van der Waals surface area contributed by atoms with Crippen LogP contribution in [0.25, 0.3) is 0 Å². The van der Waals surface area contributed by atoms with Gasteiger partial charge in [-0.2, -0.15) is 12.6 Å². The molecular formula is C8H17NO2S. The van der Waals surface area contributed by atoms with Crippen molar-refractivity contribution in [1.82, 2.24) is 0 Å². The number of rotatable bonds is 6. The highest BCUT2D eigenvalue weighted by Gasteiger charge is 2.11. The number of hydrogen-bond donors (Lipinski definition) is 3. The number of carboxylic acid groups (broad SMARTS) is 1. The molecule has 0 saturated heterocycles. The third-order valence-corrected chi connectivity index (χ3v) is 2.10. The molecule has 0 aliphatic rings. The van der Waals surface area contributed by atoms with E-state index in [4.69, 9.17) is 10.8 Å². The zero-order chi connectivity index (χ0) is 9.56. The smallest absolute Gasteiger partial charge is 0.304 e. The van der Waals surface area contributed by atoms with E-state index in [9.17, 15) is 4.79 Å². The molecule has 3 nitrogen and oxygen atoms in total. The Kier molecular flexibility index (Phi) is 6.20. The van der Waals surface area contributed by atoms with Gasteiger partial charge in [0.2, 0.25) is 0 Å². The first-order valence-electron chi connectivity index (χ1n) is 4.21. The quantitative estimate of drug-likeness (QED) is 0.554. The van der Waals surface area contributed by atoms with Crippen LogP contribution in [0.4, 0.5) is 0 Å². The second kappa shape index (κ2) is 6.31. The Labute approximate surface area is 78.7 Å². The van der Waals surface area contributed by atoms with Crippen molar-refractivity contribution in [3.8, 4) is 0 Å². The molecule has 0 saturated carbocycles. The number of thiol groups is 1. The summed E-state index contributed by atoms with van der Waals surface area (Å²) in [5.41, 5.74) is 5.58. The Morgan fingerprint density at radius 2 is 2.25 bits per heavy atom. The lowest BCUT2D eigenvalue weighted by atomic mass is 10.1. The predicted octanol–water partition coefficient (Wildman–Crippen LogP) is 1.28. The first kappa shape index (κ1) is 11.8. The molecule has 12 heavy (non-hydrogen) atoms. The molecule has 2 atom stereocenters. The average molecular weight is 191 g/mol. The lowest BCUT2D eigenvalue weighted by Gasteiger charge is -2.13. The summed E-state index contributed by atoms with van der Waals surface area (Å²) in [7, 11) is 0. The molecule has 0 unspecified atom stereocenters. The van der Waals surface area contributed by atoms with Crippen LogP contribution in [-0.2, 0) is 4.79 Å². The van der Waals surface area contributed by atoms with Gasteiger partial charge in [0.15, 0.2) is 0 Å². The summed E-state index contributed by atoms with van der Waals surface area (Å²) in [6, 6.07) is -0.253. The standard InChI is InChI=1S/C8H17NO2S/c1-2-3-7(12)4-6(9)5-8(10)11/h6-7,12H,2-5,9H2,1H3,(H,10,11)/t6-,7-/m1/s1. The lowest BCUT2D eigenvalue weighted by Crippen LogP contribution is -2.26. The Bertz CT molecular complexity index is 141. The maximum absolute atomic E-state index is 10.2. The largest absolute Gasteiger partial charge is 0.481 e. The zero-order valence-electron chi connectivity index (χ0n) is 7.36. The van der Waals surface area contributed by atoms with Crippen LogP contribution >= 0.6 is 12.6 Å². The highest BCUT2D eigenvalue weighted by molar-refractivity contribution is 7.80. The van der Waals surface area contributed by atoms with Crippen molar-refractivity contribution in [2.45, 2.75) is 43.9 Å². The fraction of sp³-hybridized carbons (Fsp3) is 0.875. The van der Waals surface area contributed by atoms with Crippen LogP contribution in [0.3, 0.4) is 0 Å². The van der Waals surface area contributed by atoms with Crippen molar-refractivity contribution in [3.63, 3.8) is 0 Å². The van der Waals surface area contributed by atoms with Crippen LogP contribution in [0.1, 0.15) is 32.6 Å². The van der Waals surface area contributed by atoms with Gasteiger partial charge in [-0.25, -0.2) is 0 Å². The normalized spacial score (nSPS) is 15.6. The lowest BCUT2D eigenvalue weighted by molar-refractivity contribution is -0.137. The minimum absolute atomic E-state index is 0.0424. The molecule has 3 N–H and O–H groups in total. The van der Waals surface area contributed by atoms with Gasteiger partial charge in [0.05, 0.1) is 6.42 Å². The number of carbonyl (C=O) groups is 1. The van der Waals surface area contributed by atoms with Gasteiger partial charge in [-0.3, -0.25) is 4.79 Å². The molecule has 0 radical (unpaired) electrons. The minimum Gasteiger partial charge on any atom is -0.481 e. The van der Waals surface area contributed by atoms with Crippen LogP contribution in [0.2, 0.25) is 0 Å². The van der Waals surface area contributed by atoms with E-state index >= 15 is 0 Å². The van der Waals surface area contributed by atoms with Gasteiger partial charge in [-0.05, 0) is 12.8 Å². The third-order valence-electron chi connectivity index (χ3n) is 1.63. The van der Waals surface area contributed by atoms with Crippen molar-refractivity contribution in [2.24, 2.45) is 5.73 Å². The predicted molar refractivity (Wildman–Crippen MR) is 52.5 cm³/mol. The summed E-state index contributed by atoms with van der Waals surface area (Å²) >= 11 is 4.30. The molecule has 0 bridgehead atoms. The molecule has 0 heterocycles. The van der Waals surface area contributed by atoms with Crippen molar-refractivity contribution >= 4 is 18.6 Å². The summed E-state index contributed by atoms with van der Waals surface area (Å²) in [5, 5.41) is 8.66. The molecule has 72 valence electrons. The van der Waals surface area contributed by atoms with Crippen molar-refractivity contribution in [2.75, 3.05) is 0 Å². The first-order valence-corrected chi connectivity index (χ1v) is 4.73. The van der Waals surface area contributed by atoms with Gasteiger partial charge in [0, 0.05) is 11.3 Å². The summed E-state index contributed by atoms with van der Waals surface area (Å²) < 4.78 is 0. The molecule has 0 rings (SSSR count). The van der Waals surface area contributed by atoms with E-state index < -0.39 is 5.97 Å². The first-order chi connectivity index (χ1) is 5.56. The molecule has 4 heteroatoms. The molecule has 0 fully saturated rings. The fourth-order valence-electron chi connectivity index (χ4n) is 1.11. The van der Waals surface area contributed by atoms with E-state index in [0.29, 0.717) is 6.42 Å². The topological polar surface area (TPSA) is 63.3 Å². The third kappa shape index (κ3) is 6.49. The Morgan fingerprint density at radius 3 is 2.67 bits per heavy atom. The van der Waals surface area contributed by atoms with Crippen LogP contribution in [0.5, 0.6) is 0 Å². The van der Waals surface area contributed by atoms with Gasteiger partial charge in [0.1, 0.15) is 0 Å². The molecule has 0 aliphatic heterocycles. The molecule has 0 amide bonds. The van der Waals surface area contributed by atoms with E-state index in [1.807, 2.05) is 0 Å². The second-order valence-electron chi connectivity index (χ2n) is 3.04. The van der Waals surface area contributed by atoms with Gasteiger partial charge < -0.3 is 10.8 Å². The summed E-state index contributed by atoms with van der Waals surface area (Å²) in [5.74, 6) is -0.834. The number of aliphatic carboxylic acids is 1. The van der Waals surface area contributed by atoms with Crippen molar-refractivity contribution < 1.29 is 9.90 Å². The van der Waals surface area contributed by atoms with Crippen LogP contribution in [-0.4, -0.2) is 22.4 Å². The van der Waals surface area contributed by atoms with Crippen LogP contribution < -0.4 is 5.73 Å². The fourth-order valence-corrected chi connectivity index (χ4v) is 1.64. The Hall–Kier alpha value is -0.220. The number of nitrogens with two attached hydrogens (primary N) is 1. The van der Waals surface area contributed by atoms with Gasteiger partial charge in [0.25, 0.3) is 0 Å². The SMILES string of the molecule is CCC[C@@H](S)C[C@@H](N)CC(=O)O. The van der Waals surface area contributed by atoms with Crippen LogP contribution in [0.15, 0.2) is 0 Å². The van der Waals surface area contributed by atoms with E-state index in [2.05, 4.69) is 19.6 Å². The Morgan fingerprint density at radius 1 is 1.67 bits per heavy atom. The van der Waals surface area contributed by atoms with Gasteiger partial charge in [-0.15, -0.1) is 0 Å². The van der Waals surface area contributed by atoms with Gasteiger partial charge >= 0.3 is 5.97 Å². The van der Waals surface area contributed by atoms with Crippen molar-refractivity contribution in [1.29, 1.82) is 0 Å². The summed E-state index contributed by atoms with van der Waals surface area (Å²) in [6.07, 6.45) is 2.79. The molecule has 0 aliphatic carbocycles. The van der Waals surface area contributed by atoms with E-state index in [0.717, 1.165) is 12.8 Å². The highest BCUT2D eigenvalue weighted by Crippen LogP contribution is 2.11. The molecule has 0 aromatic rings. The number of carboxylic acids is 1. The maximum Gasteiger partial charge on any atom is 0.304 e. The minimum atomic E-state index is -0.834. The van der Waals surface area contributed by atoms with E-state index in [1.54, 1.807) is 0 Å². The van der Waals surface area contributed by atoms with Gasteiger partial charge in [-0.1, -0.05) is 13.3 Å². The second-order valence-corrected chi connectivity index (χ2v) is 3.77. The molecule has 0 aromatic heterocycles. The van der Waals surface area contributed by atoms with E-state index in [-0.39, 0.29) is 17.7 Å². The van der Waals surface area contributed by atoms with Crippen molar-refractivity contribution in [3.05, 3.63) is 0 Å². The molecular weight excluding hydrogens is 174 g/mol. The summed E-state index contributed by atoms with van der Waals surface area (Å²) in [6.45, 7) is 2.08. The van der Waals surface area contributed by atoms with Crippen LogP contribution in [0, 0.1) is 0 Å². The maximum atomic E-state index is 10.2. The highest BCUT2D eigenvalue weighted by atomic mass is 32.1. The monoisotopic (exact) mass is 191 g/mol. The summed E-state index contributed by atoms with van der Waals surface area (Å²) in [4.78, 5) is 10.2. The molecule has 0 spiro atoms. The zero-order valence-corrected chi connectivity index (χ0v) is 8.26. The Balaban J connectivity index is 3.53. The molecule has 0 aromatic carbocycles. The number of hydrogen-bond acceptors (Lipinski definition) is 3. The average Bonchev–Trinajstić information content (AvgIpc) is 1.84.